The summed E-state index contributed by atoms with van der Waals surface area (Å²) in [5.74, 6) is 0. The Balaban J connectivity index is 2.65. The van der Waals surface area contributed by atoms with Gasteiger partial charge in [0, 0.05) is 6.54 Å². The summed E-state index contributed by atoms with van der Waals surface area (Å²) >= 11 is 0. The number of hydrogen-bond acceptors (Lipinski definition) is 4. The second kappa shape index (κ2) is 7.73. The van der Waals surface area contributed by atoms with Gasteiger partial charge < -0.3 is 10.0 Å². The summed E-state index contributed by atoms with van der Waals surface area (Å²) in [5.41, 5.74) is 1.25. The number of nitrogens with zero attached hydrogens (tertiary/aromatic N) is 1. The molecule has 0 aliphatic heterocycles. The summed E-state index contributed by atoms with van der Waals surface area (Å²) in [4.78, 5) is 2.32. The monoisotopic (exact) mass is 300 g/mol. The number of nitrogens with one attached hydrogen (secondary N) is 1. The molecule has 0 spiro atoms. The summed E-state index contributed by atoms with van der Waals surface area (Å²) in [5, 5.41) is 9.19. The van der Waals surface area contributed by atoms with Gasteiger partial charge in [0.25, 0.3) is 0 Å². The third kappa shape index (κ3) is 4.86. The van der Waals surface area contributed by atoms with Crippen LogP contribution in [0.15, 0.2) is 23.1 Å². The van der Waals surface area contributed by atoms with Crippen LogP contribution in [-0.2, 0) is 16.6 Å². The highest BCUT2D eigenvalue weighted by Gasteiger charge is 2.17. The number of aliphatic hydroxyl groups is 1. The van der Waals surface area contributed by atoms with E-state index in [2.05, 4.69) is 9.62 Å². The summed E-state index contributed by atoms with van der Waals surface area (Å²) < 4.78 is 27.0. The number of rotatable bonds is 8. The predicted octanol–water partition coefficient (Wildman–Crippen LogP) is 1.11. The predicted molar refractivity (Wildman–Crippen MR) is 80.1 cm³/mol. The van der Waals surface area contributed by atoms with E-state index in [1.54, 1.807) is 25.1 Å². The van der Waals surface area contributed by atoms with Gasteiger partial charge in [-0.05, 0) is 57.6 Å². The van der Waals surface area contributed by atoms with Gasteiger partial charge in [-0.25, -0.2) is 13.1 Å². The van der Waals surface area contributed by atoms with Crippen molar-refractivity contribution in [3.8, 4) is 0 Å². The van der Waals surface area contributed by atoms with Gasteiger partial charge in [-0.3, -0.25) is 0 Å². The molecule has 0 saturated heterocycles. The lowest BCUT2D eigenvalue weighted by Gasteiger charge is -2.12. The lowest BCUT2D eigenvalue weighted by atomic mass is 10.1. The zero-order valence-corrected chi connectivity index (χ0v) is 13.2. The van der Waals surface area contributed by atoms with Crippen LogP contribution >= 0.6 is 0 Å². The Labute approximate surface area is 121 Å². The Morgan fingerprint density at radius 3 is 2.55 bits per heavy atom. The van der Waals surface area contributed by atoms with Crippen molar-refractivity contribution in [2.24, 2.45) is 0 Å². The van der Waals surface area contributed by atoms with Gasteiger partial charge >= 0.3 is 0 Å². The summed E-state index contributed by atoms with van der Waals surface area (Å²) in [6.45, 7) is 2.93. The van der Waals surface area contributed by atoms with Crippen molar-refractivity contribution < 1.29 is 13.5 Å². The van der Waals surface area contributed by atoms with Crippen LogP contribution in [0.2, 0.25) is 0 Å². The van der Waals surface area contributed by atoms with Gasteiger partial charge in [0.1, 0.15) is 0 Å². The van der Waals surface area contributed by atoms with Gasteiger partial charge in [-0.15, -0.1) is 0 Å². The van der Waals surface area contributed by atoms with Crippen molar-refractivity contribution >= 4 is 10.0 Å². The van der Waals surface area contributed by atoms with Gasteiger partial charge in [-0.1, -0.05) is 12.1 Å². The molecule has 0 amide bonds. The average molecular weight is 300 g/mol. The highest BCUT2D eigenvalue weighted by molar-refractivity contribution is 7.89. The van der Waals surface area contributed by atoms with E-state index in [4.69, 9.17) is 0 Å². The van der Waals surface area contributed by atoms with Crippen molar-refractivity contribution in [2.75, 3.05) is 27.2 Å². The molecule has 1 aromatic rings. The maximum atomic E-state index is 12.2. The van der Waals surface area contributed by atoms with Crippen LogP contribution < -0.4 is 4.72 Å². The molecule has 20 heavy (non-hydrogen) atoms. The van der Waals surface area contributed by atoms with Gasteiger partial charge in [0.05, 0.1) is 11.5 Å². The van der Waals surface area contributed by atoms with E-state index in [-0.39, 0.29) is 11.5 Å². The van der Waals surface area contributed by atoms with Crippen LogP contribution in [0.5, 0.6) is 0 Å². The van der Waals surface area contributed by atoms with Crippen LogP contribution in [0.1, 0.15) is 24.0 Å². The van der Waals surface area contributed by atoms with E-state index in [0.29, 0.717) is 17.7 Å². The minimum Gasteiger partial charge on any atom is -0.392 e. The molecule has 114 valence electrons. The van der Waals surface area contributed by atoms with Crippen molar-refractivity contribution in [2.45, 2.75) is 31.3 Å². The molecule has 0 heterocycles. The van der Waals surface area contributed by atoms with Crippen LogP contribution in [0.25, 0.3) is 0 Å². The topological polar surface area (TPSA) is 69.6 Å². The lowest BCUT2D eigenvalue weighted by molar-refractivity contribution is 0.280. The summed E-state index contributed by atoms with van der Waals surface area (Å²) in [6, 6.07) is 4.95. The van der Waals surface area contributed by atoms with E-state index >= 15 is 0 Å². The number of aliphatic hydroxyl groups excluding tert-OH is 1. The van der Waals surface area contributed by atoms with Crippen LogP contribution in [-0.4, -0.2) is 45.6 Å². The molecule has 1 aromatic carbocycles. The molecule has 0 aromatic heterocycles. The normalized spacial score (nSPS) is 12.1. The van der Waals surface area contributed by atoms with Crippen molar-refractivity contribution in [3.05, 3.63) is 29.3 Å². The van der Waals surface area contributed by atoms with E-state index in [1.165, 1.54) is 0 Å². The molecule has 0 aliphatic carbocycles. The molecule has 0 atom stereocenters. The first-order valence-corrected chi connectivity index (χ1v) is 8.20. The molecule has 0 aliphatic rings. The van der Waals surface area contributed by atoms with Gasteiger partial charge in [-0.2, -0.15) is 0 Å². The van der Waals surface area contributed by atoms with Crippen molar-refractivity contribution in [3.63, 3.8) is 0 Å². The fourth-order valence-electron chi connectivity index (χ4n) is 1.96. The number of benzene rings is 1. The highest BCUT2D eigenvalue weighted by atomic mass is 32.2. The molecular formula is C14H24N2O3S. The first-order valence-electron chi connectivity index (χ1n) is 6.72. The molecule has 1 rings (SSSR count). The van der Waals surface area contributed by atoms with Gasteiger partial charge in [0.2, 0.25) is 10.0 Å². The minimum atomic E-state index is -3.50. The summed E-state index contributed by atoms with van der Waals surface area (Å²) in [7, 11) is 0.489. The molecule has 0 saturated carbocycles. The molecule has 0 unspecified atom stereocenters. The largest absolute Gasteiger partial charge is 0.392 e. The third-order valence-electron chi connectivity index (χ3n) is 3.18. The zero-order chi connectivity index (χ0) is 15.2. The third-order valence-corrected chi connectivity index (χ3v) is 4.79. The van der Waals surface area contributed by atoms with E-state index in [0.717, 1.165) is 19.4 Å². The standard InChI is InChI=1S/C14H24N2O3S/c1-12-13(11-17)7-6-8-14(12)20(18,19)15-9-4-5-10-16(2)3/h6-8,15,17H,4-5,9-11H2,1-3H3. The number of sulfonamides is 1. The minimum absolute atomic E-state index is 0.155. The summed E-state index contributed by atoms with van der Waals surface area (Å²) in [6.07, 6.45) is 1.75. The second-order valence-electron chi connectivity index (χ2n) is 5.11. The lowest BCUT2D eigenvalue weighted by Crippen LogP contribution is -2.26. The molecule has 2 N–H and O–H groups in total. The molecule has 0 bridgehead atoms. The zero-order valence-electron chi connectivity index (χ0n) is 12.4. The van der Waals surface area contributed by atoms with Crippen molar-refractivity contribution in [1.82, 2.24) is 9.62 Å². The SMILES string of the molecule is Cc1c(CO)cccc1S(=O)(=O)NCCCCN(C)C. The van der Waals surface area contributed by atoms with E-state index in [1.807, 2.05) is 14.1 Å². The Morgan fingerprint density at radius 1 is 1.25 bits per heavy atom. The Bertz CT molecular complexity index is 527. The number of hydrogen-bond donors (Lipinski definition) is 2. The fourth-order valence-corrected chi connectivity index (χ4v) is 3.32. The molecule has 0 fully saturated rings. The van der Waals surface area contributed by atoms with E-state index in [9.17, 15) is 13.5 Å². The molecule has 0 radical (unpaired) electrons. The molecule has 5 nitrogen and oxygen atoms in total. The second-order valence-corrected chi connectivity index (χ2v) is 6.84. The van der Waals surface area contributed by atoms with Crippen molar-refractivity contribution in [1.29, 1.82) is 0 Å². The smallest absolute Gasteiger partial charge is 0.240 e. The number of unbranched alkanes of at least 4 members (excludes halogenated alkanes) is 1. The molecular weight excluding hydrogens is 276 g/mol. The first-order chi connectivity index (χ1) is 9.38. The average Bonchev–Trinajstić information content (AvgIpc) is 2.38. The maximum Gasteiger partial charge on any atom is 0.240 e. The maximum absolute atomic E-state index is 12.2. The first kappa shape index (κ1) is 17.1. The quantitative estimate of drug-likeness (QED) is 0.706. The van der Waals surface area contributed by atoms with Crippen LogP contribution in [0, 0.1) is 6.92 Å². The van der Waals surface area contributed by atoms with Crippen LogP contribution in [0.4, 0.5) is 0 Å². The fraction of sp³-hybridized carbons (Fsp3) is 0.571. The highest BCUT2D eigenvalue weighted by Crippen LogP contribution is 2.18. The van der Waals surface area contributed by atoms with Crippen LogP contribution in [0.3, 0.4) is 0 Å². The Morgan fingerprint density at radius 2 is 1.95 bits per heavy atom. The van der Waals surface area contributed by atoms with E-state index < -0.39 is 10.0 Å². The van der Waals surface area contributed by atoms with Gasteiger partial charge in [0.15, 0.2) is 0 Å². The Kier molecular flexibility index (Phi) is 6.61. The molecule has 6 heteroatoms. The Hall–Kier alpha value is -0.950.